The lowest BCUT2D eigenvalue weighted by Gasteiger charge is -2.06. The maximum Gasteiger partial charge on any atom is 0.272 e. The van der Waals surface area contributed by atoms with Gasteiger partial charge in [0.15, 0.2) is 0 Å². The van der Waals surface area contributed by atoms with Crippen LogP contribution in [0.5, 0.6) is 0 Å². The Morgan fingerprint density at radius 1 is 1.44 bits per heavy atom. The average molecular weight is 303 g/mol. The number of benzene rings is 1. The van der Waals surface area contributed by atoms with Crippen molar-refractivity contribution in [3.63, 3.8) is 0 Å². The largest absolute Gasteiger partial charge is 0.345 e. The van der Waals surface area contributed by atoms with E-state index < -0.39 is 0 Å². The van der Waals surface area contributed by atoms with E-state index in [9.17, 15) is 4.79 Å². The minimum atomic E-state index is -0.169. The second-order valence-corrected chi connectivity index (χ2v) is 4.75. The van der Waals surface area contributed by atoms with E-state index in [1.54, 1.807) is 22.8 Å². The Bertz CT molecular complexity index is 637. The number of hydrogen-bond acceptors (Lipinski definition) is 1. The van der Waals surface area contributed by atoms with E-state index in [4.69, 9.17) is 6.42 Å². The Hall–Kier alpha value is -1.99. The van der Waals surface area contributed by atoms with Crippen LogP contribution in [0.15, 0.2) is 41.0 Å². The van der Waals surface area contributed by atoms with Crippen LogP contribution in [-0.4, -0.2) is 10.5 Å². The van der Waals surface area contributed by atoms with Crippen LogP contribution in [0.2, 0.25) is 0 Å². The quantitative estimate of drug-likeness (QED) is 0.850. The smallest absolute Gasteiger partial charge is 0.272 e. The molecule has 0 aliphatic heterocycles. The number of nitrogens with one attached hydrogen (secondary N) is 1. The zero-order valence-electron chi connectivity index (χ0n) is 9.77. The first kappa shape index (κ1) is 12.5. The Balaban J connectivity index is 2.21. The molecule has 0 radical (unpaired) electrons. The molecule has 0 unspecified atom stereocenters. The zero-order valence-corrected chi connectivity index (χ0v) is 11.4. The predicted molar refractivity (Wildman–Crippen MR) is 75.4 cm³/mol. The van der Waals surface area contributed by atoms with Crippen molar-refractivity contribution in [2.75, 3.05) is 5.32 Å². The molecule has 1 aromatic heterocycles. The lowest BCUT2D eigenvalue weighted by molar-refractivity contribution is 0.101. The summed E-state index contributed by atoms with van der Waals surface area (Å²) in [6, 6.07) is 8.95. The van der Waals surface area contributed by atoms with Gasteiger partial charge < -0.3 is 9.88 Å². The molecule has 0 saturated heterocycles. The van der Waals surface area contributed by atoms with Crippen molar-refractivity contribution in [3.8, 4) is 12.3 Å². The number of aryl methyl sites for hydroxylation is 1. The number of anilines is 1. The Morgan fingerprint density at radius 3 is 2.83 bits per heavy atom. The molecule has 2 rings (SSSR count). The molecule has 0 atom stereocenters. The molecule has 18 heavy (non-hydrogen) atoms. The Kier molecular flexibility index (Phi) is 3.54. The topological polar surface area (TPSA) is 34.0 Å². The summed E-state index contributed by atoms with van der Waals surface area (Å²) >= 11 is 3.33. The molecule has 0 aliphatic carbocycles. The highest BCUT2D eigenvalue weighted by molar-refractivity contribution is 9.10. The van der Waals surface area contributed by atoms with E-state index in [-0.39, 0.29) is 5.91 Å². The van der Waals surface area contributed by atoms with Crippen molar-refractivity contribution in [3.05, 3.63) is 52.3 Å². The van der Waals surface area contributed by atoms with Gasteiger partial charge in [0.1, 0.15) is 5.69 Å². The minimum absolute atomic E-state index is 0.169. The highest BCUT2D eigenvalue weighted by Gasteiger charge is 2.11. The second kappa shape index (κ2) is 5.11. The number of carbonyl (C=O) groups excluding carboxylic acids is 1. The molecule has 90 valence electrons. The van der Waals surface area contributed by atoms with Gasteiger partial charge in [-0.25, -0.2) is 0 Å². The predicted octanol–water partition coefficient (Wildman–Crippen LogP) is 3.02. The van der Waals surface area contributed by atoms with Gasteiger partial charge >= 0.3 is 0 Å². The molecule has 1 heterocycles. The van der Waals surface area contributed by atoms with E-state index in [1.165, 1.54) is 0 Å². The number of hydrogen-bond donors (Lipinski definition) is 1. The third-order valence-electron chi connectivity index (χ3n) is 2.49. The van der Waals surface area contributed by atoms with E-state index in [2.05, 4.69) is 27.2 Å². The second-order valence-electron chi connectivity index (χ2n) is 3.83. The SMILES string of the molecule is C#Cc1cccc(NC(=O)c2cc(Br)cn2C)c1. The first-order chi connectivity index (χ1) is 8.60. The zero-order chi connectivity index (χ0) is 13.1. The van der Waals surface area contributed by atoms with Crippen LogP contribution in [0.3, 0.4) is 0 Å². The summed E-state index contributed by atoms with van der Waals surface area (Å²) < 4.78 is 2.62. The number of rotatable bonds is 2. The monoisotopic (exact) mass is 302 g/mol. The van der Waals surface area contributed by atoms with Crippen LogP contribution >= 0.6 is 15.9 Å². The Labute approximate surface area is 114 Å². The summed E-state index contributed by atoms with van der Waals surface area (Å²) in [6.07, 6.45) is 7.14. The summed E-state index contributed by atoms with van der Waals surface area (Å²) in [5, 5.41) is 2.81. The first-order valence-electron chi connectivity index (χ1n) is 5.30. The fourth-order valence-electron chi connectivity index (χ4n) is 1.63. The third kappa shape index (κ3) is 2.63. The maximum absolute atomic E-state index is 12.0. The van der Waals surface area contributed by atoms with Crippen LogP contribution < -0.4 is 5.32 Å². The van der Waals surface area contributed by atoms with Gasteiger partial charge in [-0.2, -0.15) is 0 Å². The van der Waals surface area contributed by atoms with Crippen LogP contribution in [0.1, 0.15) is 16.1 Å². The first-order valence-corrected chi connectivity index (χ1v) is 6.09. The number of amides is 1. The average Bonchev–Trinajstić information content (AvgIpc) is 2.69. The van der Waals surface area contributed by atoms with E-state index in [1.807, 2.05) is 25.4 Å². The van der Waals surface area contributed by atoms with Gasteiger partial charge in [-0.3, -0.25) is 4.79 Å². The van der Waals surface area contributed by atoms with Gasteiger partial charge in [-0.05, 0) is 40.2 Å². The lowest BCUT2D eigenvalue weighted by Crippen LogP contribution is -2.15. The normalized spacial score (nSPS) is 9.83. The molecule has 0 fully saturated rings. The van der Waals surface area contributed by atoms with Crippen molar-refractivity contribution < 1.29 is 4.79 Å². The molecule has 1 aromatic carbocycles. The summed E-state index contributed by atoms with van der Waals surface area (Å²) in [5.41, 5.74) is 2.00. The molecular formula is C14H11BrN2O. The van der Waals surface area contributed by atoms with Gasteiger partial charge in [0.05, 0.1) is 0 Å². The highest BCUT2D eigenvalue weighted by atomic mass is 79.9. The molecule has 0 spiro atoms. The van der Waals surface area contributed by atoms with E-state index in [0.717, 1.165) is 10.0 Å². The minimum Gasteiger partial charge on any atom is -0.345 e. The van der Waals surface area contributed by atoms with E-state index >= 15 is 0 Å². The van der Waals surface area contributed by atoms with Crippen LogP contribution in [0.4, 0.5) is 5.69 Å². The van der Waals surface area contributed by atoms with Crippen LogP contribution in [0, 0.1) is 12.3 Å². The van der Waals surface area contributed by atoms with Crippen LogP contribution in [0.25, 0.3) is 0 Å². The summed E-state index contributed by atoms with van der Waals surface area (Å²) in [5.74, 6) is 2.36. The number of halogens is 1. The lowest BCUT2D eigenvalue weighted by atomic mass is 10.2. The molecule has 3 nitrogen and oxygen atoms in total. The fourth-order valence-corrected chi connectivity index (χ4v) is 2.16. The van der Waals surface area contributed by atoms with Gasteiger partial charge in [0, 0.05) is 29.0 Å². The summed E-state index contributed by atoms with van der Waals surface area (Å²) in [6.45, 7) is 0. The number of aromatic nitrogens is 1. The molecule has 1 amide bonds. The number of carbonyl (C=O) groups is 1. The van der Waals surface area contributed by atoms with E-state index in [0.29, 0.717) is 11.4 Å². The van der Waals surface area contributed by atoms with Gasteiger partial charge in [-0.15, -0.1) is 6.42 Å². The standard InChI is InChI=1S/C14H11BrN2O/c1-3-10-5-4-6-12(7-10)16-14(18)13-8-11(15)9-17(13)2/h1,4-9H,2H3,(H,16,18). The molecule has 2 aromatic rings. The van der Waals surface area contributed by atoms with Crippen LogP contribution in [-0.2, 0) is 7.05 Å². The van der Waals surface area contributed by atoms with Crippen molar-refractivity contribution >= 4 is 27.5 Å². The highest BCUT2D eigenvalue weighted by Crippen LogP contribution is 2.16. The van der Waals surface area contributed by atoms with Crippen molar-refractivity contribution in [2.45, 2.75) is 0 Å². The maximum atomic E-state index is 12.0. The van der Waals surface area contributed by atoms with Gasteiger partial charge in [-0.1, -0.05) is 12.0 Å². The number of terminal acetylenes is 1. The fraction of sp³-hybridized carbons (Fsp3) is 0.0714. The van der Waals surface area contributed by atoms with Gasteiger partial charge in [0.25, 0.3) is 5.91 Å². The third-order valence-corrected chi connectivity index (χ3v) is 2.92. The molecule has 0 aliphatic rings. The Morgan fingerprint density at radius 2 is 2.22 bits per heavy atom. The summed E-state index contributed by atoms with van der Waals surface area (Å²) in [4.78, 5) is 12.0. The summed E-state index contributed by atoms with van der Waals surface area (Å²) in [7, 11) is 1.82. The van der Waals surface area contributed by atoms with Crippen molar-refractivity contribution in [1.82, 2.24) is 4.57 Å². The molecular weight excluding hydrogens is 292 g/mol. The molecule has 1 N–H and O–H groups in total. The molecule has 4 heteroatoms. The van der Waals surface area contributed by atoms with Gasteiger partial charge in [0.2, 0.25) is 0 Å². The molecule has 0 saturated carbocycles. The van der Waals surface area contributed by atoms with Crippen molar-refractivity contribution in [2.24, 2.45) is 7.05 Å². The number of nitrogens with zero attached hydrogens (tertiary/aromatic N) is 1. The van der Waals surface area contributed by atoms with Crippen molar-refractivity contribution in [1.29, 1.82) is 0 Å². The molecule has 0 bridgehead atoms.